The van der Waals surface area contributed by atoms with Crippen molar-refractivity contribution in [1.29, 1.82) is 0 Å². The molecule has 0 unspecified atom stereocenters. The van der Waals surface area contributed by atoms with Gasteiger partial charge in [0.2, 0.25) is 0 Å². The van der Waals surface area contributed by atoms with E-state index in [1.165, 1.54) is 5.56 Å². The number of rotatable bonds is 2. The molecule has 0 aliphatic carbocycles. The summed E-state index contributed by atoms with van der Waals surface area (Å²) < 4.78 is 0. The van der Waals surface area contributed by atoms with Gasteiger partial charge in [-0.25, -0.2) is 0 Å². The lowest BCUT2D eigenvalue weighted by Gasteiger charge is -2.43. The zero-order valence-electron chi connectivity index (χ0n) is 13.3. The molecular weight excluding hydrogens is 262 g/mol. The summed E-state index contributed by atoms with van der Waals surface area (Å²) in [6.45, 7) is 12.1. The second-order valence-corrected chi connectivity index (χ2v) is 6.41. The summed E-state index contributed by atoms with van der Waals surface area (Å²) in [5.41, 5.74) is 4.33. The van der Waals surface area contributed by atoms with Crippen LogP contribution in [0.25, 0.3) is 0 Å². The van der Waals surface area contributed by atoms with Crippen LogP contribution in [0.4, 0.5) is 0 Å². The van der Waals surface area contributed by atoms with Crippen molar-refractivity contribution in [2.24, 2.45) is 0 Å². The van der Waals surface area contributed by atoms with Crippen LogP contribution in [0.1, 0.15) is 27.0 Å². The lowest BCUT2D eigenvalue weighted by molar-refractivity contribution is 0.0501. The maximum Gasteiger partial charge on any atom is 0.254 e. The van der Waals surface area contributed by atoms with Crippen LogP contribution in [0.3, 0.4) is 0 Å². The fourth-order valence-corrected chi connectivity index (χ4v) is 3.50. The summed E-state index contributed by atoms with van der Waals surface area (Å²) in [6.07, 6.45) is 0. The van der Waals surface area contributed by atoms with Crippen molar-refractivity contribution in [3.63, 3.8) is 0 Å². The first-order chi connectivity index (χ1) is 10.1. The molecule has 2 fully saturated rings. The summed E-state index contributed by atoms with van der Waals surface area (Å²) in [4.78, 5) is 17.3. The molecule has 3 rings (SSSR count). The molecule has 21 heavy (non-hydrogen) atoms. The number of piperazine rings is 1. The van der Waals surface area contributed by atoms with Gasteiger partial charge in [-0.15, -0.1) is 0 Å². The monoisotopic (exact) mass is 287 g/mol. The Labute approximate surface area is 127 Å². The van der Waals surface area contributed by atoms with Crippen molar-refractivity contribution in [3.8, 4) is 0 Å². The molecular formula is C17H25N3O. The highest BCUT2D eigenvalue weighted by Gasteiger charge is 2.30. The molecule has 2 aliphatic heterocycles. The Morgan fingerprint density at radius 1 is 1.05 bits per heavy atom. The summed E-state index contributed by atoms with van der Waals surface area (Å²) >= 11 is 0. The Balaban J connectivity index is 1.69. The van der Waals surface area contributed by atoms with Crippen LogP contribution >= 0.6 is 0 Å². The number of nitrogens with one attached hydrogen (secondary N) is 1. The minimum Gasteiger partial charge on any atom is -0.336 e. The first kappa shape index (κ1) is 14.5. The predicted molar refractivity (Wildman–Crippen MR) is 84.8 cm³/mol. The smallest absolute Gasteiger partial charge is 0.254 e. The van der Waals surface area contributed by atoms with E-state index in [9.17, 15) is 4.79 Å². The first-order valence-corrected chi connectivity index (χ1v) is 7.88. The van der Waals surface area contributed by atoms with Gasteiger partial charge in [-0.2, -0.15) is 0 Å². The van der Waals surface area contributed by atoms with Crippen LogP contribution in [-0.2, 0) is 0 Å². The summed E-state index contributed by atoms with van der Waals surface area (Å²) in [7, 11) is 0. The minimum atomic E-state index is 0.205. The van der Waals surface area contributed by atoms with Crippen LogP contribution in [0, 0.1) is 20.8 Å². The quantitative estimate of drug-likeness (QED) is 0.892. The molecule has 0 bridgehead atoms. The largest absolute Gasteiger partial charge is 0.336 e. The second-order valence-electron chi connectivity index (χ2n) is 6.41. The summed E-state index contributed by atoms with van der Waals surface area (Å²) in [5, 5.41) is 3.32. The fourth-order valence-electron chi connectivity index (χ4n) is 3.50. The summed E-state index contributed by atoms with van der Waals surface area (Å²) in [5.74, 6) is 0.205. The van der Waals surface area contributed by atoms with E-state index in [0.717, 1.165) is 56.0 Å². The number of hydrogen-bond donors (Lipinski definition) is 1. The van der Waals surface area contributed by atoms with E-state index in [0.29, 0.717) is 6.04 Å². The number of carbonyl (C=O) groups excluding carboxylic acids is 1. The average molecular weight is 287 g/mol. The second kappa shape index (κ2) is 5.78. The van der Waals surface area contributed by atoms with E-state index in [1.807, 2.05) is 18.7 Å². The highest BCUT2D eigenvalue weighted by Crippen LogP contribution is 2.20. The van der Waals surface area contributed by atoms with Crippen molar-refractivity contribution in [2.45, 2.75) is 26.8 Å². The molecule has 2 heterocycles. The van der Waals surface area contributed by atoms with Gasteiger partial charge in [0, 0.05) is 50.9 Å². The molecule has 1 N–H and O–H groups in total. The van der Waals surface area contributed by atoms with Gasteiger partial charge in [0.05, 0.1) is 0 Å². The maximum atomic E-state index is 12.8. The third kappa shape index (κ3) is 2.83. The SMILES string of the molecule is Cc1cc(C)c(C(=O)N2CCN(C3CNC3)CC2)c(C)c1. The average Bonchev–Trinajstić information content (AvgIpc) is 2.36. The molecule has 114 valence electrons. The van der Waals surface area contributed by atoms with Crippen LogP contribution in [0.2, 0.25) is 0 Å². The van der Waals surface area contributed by atoms with Crippen molar-refractivity contribution >= 4 is 5.91 Å². The van der Waals surface area contributed by atoms with E-state index < -0.39 is 0 Å². The van der Waals surface area contributed by atoms with Gasteiger partial charge in [0.1, 0.15) is 0 Å². The van der Waals surface area contributed by atoms with E-state index in [-0.39, 0.29) is 5.91 Å². The lowest BCUT2D eigenvalue weighted by atomic mass is 9.98. The number of hydrogen-bond acceptors (Lipinski definition) is 3. The highest BCUT2D eigenvalue weighted by atomic mass is 16.2. The van der Waals surface area contributed by atoms with Crippen LogP contribution in [-0.4, -0.2) is 61.0 Å². The zero-order valence-corrected chi connectivity index (χ0v) is 13.3. The Morgan fingerprint density at radius 3 is 2.10 bits per heavy atom. The number of amides is 1. The van der Waals surface area contributed by atoms with Gasteiger partial charge in [-0.05, 0) is 31.9 Å². The molecule has 4 heteroatoms. The molecule has 0 radical (unpaired) electrons. The van der Waals surface area contributed by atoms with Gasteiger partial charge in [-0.3, -0.25) is 9.69 Å². The van der Waals surface area contributed by atoms with Crippen LogP contribution in [0.5, 0.6) is 0 Å². The zero-order chi connectivity index (χ0) is 15.0. The van der Waals surface area contributed by atoms with Crippen molar-refractivity contribution < 1.29 is 4.79 Å². The van der Waals surface area contributed by atoms with Gasteiger partial charge in [0.15, 0.2) is 0 Å². The topological polar surface area (TPSA) is 35.6 Å². The first-order valence-electron chi connectivity index (χ1n) is 7.88. The maximum absolute atomic E-state index is 12.8. The van der Waals surface area contributed by atoms with Gasteiger partial charge in [0.25, 0.3) is 5.91 Å². The molecule has 2 aliphatic rings. The number of benzene rings is 1. The van der Waals surface area contributed by atoms with Crippen molar-refractivity contribution in [2.75, 3.05) is 39.3 Å². The standard InChI is InChI=1S/C17H25N3O/c1-12-8-13(2)16(14(3)9-12)17(21)20-6-4-19(5-7-20)15-10-18-11-15/h8-9,15,18H,4-7,10-11H2,1-3H3. The number of carbonyl (C=O) groups is 1. The summed E-state index contributed by atoms with van der Waals surface area (Å²) in [6, 6.07) is 4.90. The third-order valence-corrected chi connectivity index (χ3v) is 4.77. The third-order valence-electron chi connectivity index (χ3n) is 4.77. The Hall–Kier alpha value is -1.39. The molecule has 4 nitrogen and oxygen atoms in total. The molecule has 1 aromatic rings. The van der Waals surface area contributed by atoms with Gasteiger partial charge >= 0.3 is 0 Å². The van der Waals surface area contributed by atoms with Crippen LogP contribution < -0.4 is 5.32 Å². The van der Waals surface area contributed by atoms with E-state index in [2.05, 4.69) is 29.3 Å². The molecule has 1 amide bonds. The molecule has 2 saturated heterocycles. The van der Waals surface area contributed by atoms with Gasteiger partial charge < -0.3 is 10.2 Å². The Bertz CT molecular complexity index is 520. The van der Waals surface area contributed by atoms with E-state index in [1.54, 1.807) is 0 Å². The van der Waals surface area contributed by atoms with E-state index in [4.69, 9.17) is 0 Å². The van der Waals surface area contributed by atoms with Crippen molar-refractivity contribution in [1.82, 2.24) is 15.1 Å². The molecule has 1 aromatic carbocycles. The van der Waals surface area contributed by atoms with Crippen LogP contribution in [0.15, 0.2) is 12.1 Å². The number of nitrogens with zero attached hydrogens (tertiary/aromatic N) is 2. The predicted octanol–water partition coefficient (Wildman–Crippen LogP) is 1.34. The normalized spacial score (nSPS) is 20.4. The highest BCUT2D eigenvalue weighted by molar-refractivity contribution is 5.97. The Morgan fingerprint density at radius 2 is 1.62 bits per heavy atom. The molecule has 0 spiro atoms. The van der Waals surface area contributed by atoms with Gasteiger partial charge in [-0.1, -0.05) is 17.7 Å². The Kier molecular flexibility index (Phi) is 4.00. The minimum absolute atomic E-state index is 0.205. The molecule has 0 aromatic heterocycles. The van der Waals surface area contributed by atoms with Crippen molar-refractivity contribution in [3.05, 3.63) is 34.4 Å². The van der Waals surface area contributed by atoms with E-state index >= 15 is 0 Å². The number of aryl methyl sites for hydroxylation is 3. The molecule has 0 atom stereocenters. The molecule has 0 saturated carbocycles. The lowest BCUT2D eigenvalue weighted by Crippen LogP contribution is -2.62. The fraction of sp³-hybridized carbons (Fsp3) is 0.588.